The van der Waals surface area contributed by atoms with E-state index in [2.05, 4.69) is 17.4 Å². The van der Waals surface area contributed by atoms with Gasteiger partial charge in [0.25, 0.3) is 0 Å². The summed E-state index contributed by atoms with van der Waals surface area (Å²) in [5.74, 6) is 1.67. The highest BCUT2D eigenvalue weighted by Gasteiger charge is 2.28. The van der Waals surface area contributed by atoms with E-state index in [0.29, 0.717) is 13.1 Å². The largest absolute Gasteiger partial charge is 0.466 e. The first-order valence-corrected chi connectivity index (χ1v) is 8.89. The molecule has 1 heterocycles. The summed E-state index contributed by atoms with van der Waals surface area (Å²) in [6.07, 6.45) is 3.03. The zero-order chi connectivity index (χ0) is 17.8. The number of rotatable bonds is 5. The molecular formula is C20H26N2O3. The van der Waals surface area contributed by atoms with Crippen molar-refractivity contribution in [3.8, 4) is 0 Å². The second-order valence-electron chi connectivity index (χ2n) is 6.62. The zero-order valence-electron chi connectivity index (χ0n) is 14.9. The van der Waals surface area contributed by atoms with Crippen LogP contribution in [-0.2, 0) is 13.0 Å². The first-order chi connectivity index (χ1) is 12.1. The smallest absolute Gasteiger partial charge is 0.318 e. The van der Waals surface area contributed by atoms with Gasteiger partial charge >= 0.3 is 6.03 Å². The minimum atomic E-state index is -0.144. The number of aryl methyl sites for hydroxylation is 3. The fourth-order valence-electron chi connectivity index (χ4n) is 3.69. The van der Waals surface area contributed by atoms with E-state index in [1.165, 1.54) is 11.1 Å². The van der Waals surface area contributed by atoms with Gasteiger partial charge in [-0.2, -0.15) is 0 Å². The van der Waals surface area contributed by atoms with Crippen LogP contribution in [0.4, 0.5) is 4.79 Å². The van der Waals surface area contributed by atoms with E-state index in [0.717, 1.165) is 36.3 Å². The Morgan fingerprint density at radius 2 is 2.16 bits per heavy atom. The number of carbonyl (C=O) groups excluding carboxylic acids is 1. The molecule has 134 valence electrons. The molecule has 1 aromatic heterocycles. The lowest BCUT2D eigenvalue weighted by Crippen LogP contribution is -2.44. The van der Waals surface area contributed by atoms with Gasteiger partial charge in [-0.15, -0.1) is 0 Å². The third kappa shape index (κ3) is 3.87. The summed E-state index contributed by atoms with van der Waals surface area (Å²) in [5, 5.41) is 12.4. The summed E-state index contributed by atoms with van der Waals surface area (Å²) in [6, 6.07) is 10.1. The van der Waals surface area contributed by atoms with E-state index >= 15 is 0 Å². The summed E-state index contributed by atoms with van der Waals surface area (Å²) in [6.45, 7) is 4.51. The molecule has 0 radical (unpaired) electrons. The van der Waals surface area contributed by atoms with E-state index in [1.807, 2.05) is 32.0 Å². The lowest BCUT2D eigenvalue weighted by Gasteiger charge is -2.35. The number of nitrogens with zero attached hydrogens (tertiary/aromatic N) is 1. The molecule has 1 aliphatic carbocycles. The van der Waals surface area contributed by atoms with Crippen LogP contribution in [0.25, 0.3) is 0 Å². The van der Waals surface area contributed by atoms with E-state index in [-0.39, 0.29) is 18.7 Å². The van der Waals surface area contributed by atoms with E-state index in [1.54, 1.807) is 4.90 Å². The Morgan fingerprint density at radius 3 is 2.88 bits per heavy atom. The number of aliphatic hydroxyl groups is 1. The molecule has 0 bridgehead atoms. The molecule has 0 aliphatic heterocycles. The van der Waals surface area contributed by atoms with Crippen LogP contribution in [0.1, 0.15) is 47.1 Å². The Labute approximate surface area is 148 Å². The molecule has 1 atom stereocenters. The zero-order valence-corrected chi connectivity index (χ0v) is 14.9. The van der Waals surface area contributed by atoms with Crippen molar-refractivity contribution in [2.45, 2.75) is 45.7 Å². The predicted molar refractivity (Wildman–Crippen MR) is 96.3 cm³/mol. The van der Waals surface area contributed by atoms with Crippen LogP contribution in [0.2, 0.25) is 0 Å². The quantitative estimate of drug-likeness (QED) is 0.874. The molecule has 2 aromatic rings. The molecule has 2 amide bonds. The van der Waals surface area contributed by atoms with E-state index < -0.39 is 0 Å². The molecule has 3 rings (SSSR count). The number of benzene rings is 1. The maximum Gasteiger partial charge on any atom is 0.318 e. The van der Waals surface area contributed by atoms with Crippen LogP contribution in [-0.4, -0.2) is 29.2 Å². The molecule has 25 heavy (non-hydrogen) atoms. The predicted octanol–water partition coefficient (Wildman–Crippen LogP) is 3.48. The van der Waals surface area contributed by atoms with Crippen LogP contribution >= 0.6 is 0 Å². The van der Waals surface area contributed by atoms with Gasteiger partial charge in [0.2, 0.25) is 0 Å². The van der Waals surface area contributed by atoms with Crippen molar-refractivity contribution in [1.82, 2.24) is 10.2 Å². The summed E-state index contributed by atoms with van der Waals surface area (Å²) < 4.78 is 5.51. The monoisotopic (exact) mass is 342 g/mol. The minimum Gasteiger partial charge on any atom is -0.466 e. The minimum absolute atomic E-state index is 0.0179. The van der Waals surface area contributed by atoms with Gasteiger partial charge < -0.3 is 19.7 Å². The molecule has 1 aromatic carbocycles. The third-order valence-electron chi connectivity index (χ3n) is 4.89. The first kappa shape index (κ1) is 17.5. The van der Waals surface area contributed by atoms with E-state index in [9.17, 15) is 9.90 Å². The number of aliphatic hydroxyl groups excluding tert-OH is 1. The molecular weight excluding hydrogens is 316 g/mol. The van der Waals surface area contributed by atoms with Gasteiger partial charge in [0.05, 0.1) is 12.6 Å². The molecule has 2 N–H and O–H groups in total. The van der Waals surface area contributed by atoms with Crippen molar-refractivity contribution in [3.05, 3.63) is 58.5 Å². The van der Waals surface area contributed by atoms with Gasteiger partial charge in [-0.3, -0.25) is 0 Å². The number of amides is 2. The van der Waals surface area contributed by atoms with Crippen molar-refractivity contribution in [2.75, 3.05) is 13.2 Å². The maximum atomic E-state index is 12.8. The first-order valence-electron chi connectivity index (χ1n) is 8.89. The highest BCUT2D eigenvalue weighted by Crippen LogP contribution is 2.34. The molecule has 1 unspecified atom stereocenters. The Morgan fingerprint density at radius 1 is 1.36 bits per heavy atom. The summed E-state index contributed by atoms with van der Waals surface area (Å²) >= 11 is 0. The molecule has 0 saturated heterocycles. The average molecular weight is 342 g/mol. The number of urea groups is 1. The van der Waals surface area contributed by atoms with Gasteiger partial charge in [-0.05, 0) is 50.3 Å². The summed E-state index contributed by atoms with van der Waals surface area (Å²) in [7, 11) is 0. The average Bonchev–Trinajstić information content (AvgIpc) is 2.94. The number of nitrogens with one attached hydrogen (secondary N) is 1. The molecule has 5 nitrogen and oxygen atoms in total. The second-order valence-corrected chi connectivity index (χ2v) is 6.62. The van der Waals surface area contributed by atoms with Gasteiger partial charge in [-0.25, -0.2) is 4.79 Å². The fraction of sp³-hybridized carbons (Fsp3) is 0.450. The van der Waals surface area contributed by atoms with Gasteiger partial charge in [0, 0.05) is 18.7 Å². The number of fused-ring (bicyclic) bond motifs is 1. The fourth-order valence-corrected chi connectivity index (χ4v) is 3.69. The van der Waals surface area contributed by atoms with Crippen LogP contribution in [0, 0.1) is 13.8 Å². The van der Waals surface area contributed by atoms with Crippen molar-refractivity contribution in [1.29, 1.82) is 0 Å². The van der Waals surface area contributed by atoms with E-state index in [4.69, 9.17) is 4.42 Å². The number of hydrogen-bond donors (Lipinski definition) is 2. The SMILES string of the molecule is Cc1cc(CNC(=O)N(CCO)C2CCCc3ccccc32)c(C)o1. The maximum absolute atomic E-state index is 12.8. The summed E-state index contributed by atoms with van der Waals surface area (Å²) in [4.78, 5) is 14.6. The normalized spacial score (nSPS) is 16.4. The Bertz CT molecular complexity index is 738. The van der Waals surface area contributed by atoms with Crippen molar-refractivity contribution < 1.29 is 14.3 Å². The molecule has 1 aliphatic rings. The molecule has 0 saturated carbocycles. The highest BCUT2D eigenvalue weighted by molar-refractivity contribution is 5.75. The van der Waals surface area contributed by atoms with Crippen LogP contribution in [0.5, 0.6) is 0 Å². The third-order valence-corrected chi connectivity index (χ3v) is 4.89. The van der Waals surface area contributed by atoms with Crippen LogP contribution < -0.4 is 5.32 Å². The second kappa shape index (κ2) is 7.74. The number of carbonyl (C=O) groups is 1. The van der Waals surface area contributed by atoms with Crippen molar-refractivity contribution in [2.24, 2.45) is 0 Å². The molecule has 0 fully saturated rings. The lowest BCUT2D eigenvalue weighted by atomic mass is 9.87. The highest BCUT2D eigenvalue weighted by atomic mass is 16.3. The Kier molecular flexibility index (Phi) is 5.43. The number of hydrogen-bond acceptors (Lipinski definition) is 3. The topological polar surface area (TPSA) is 65.7 Å². The molecule has 5 heteroatoms. The Balaban J connectivity index is 1.74. The van der Waals surface area contributed by atoms with Crippen LogP contribution in [0.3, 0.4) is 0 Å². The van der Waals surface area contributed by atoms with Crippen molar-refractivity contribution >= 4 is 6.03 Å². The molecule has 0 spiro atoms. The van der Waals surface area contributed by atoms with Crippen molar-refractivity contribution in [3.63, 3.8) is 0 Å². The standard InChI is InChI=1S/C20H26N2O3/c1-14-12-17(15(2)25-14)13-21-20(24)22(10-11-23)19-9-5-7-16-6-3-4-8-18(16)19/h3-4,6,8,12,19,23H,5,7,9-11,13H2,1-2H3,(H,21,24). The van der Waals surface area contributed by atoms with Gasteiger partial charge in [0.15, 0.2) is 0 Å². The van der Waals surface area contributed by atoms with Crippen LogP contribution in [0.15, 0.2) is 34.7 Å². The lowest BCUT2D eigenvalue weighted by molar-refractivity contribution is 0.144. The van der Waals surface area contributed by atoms with Gasteiger partial charge in [-0.1, -0.05) is 24.3 Å². The summed E-state index contributed by atoms with van der Waals surface area (Å²) in [5.41, 5.74) is 3.49. The van der Waals surface area contributed by atoms with Gasteiger partial charge in [0.1, 0.15) is 11.5 Å². The Hall–Kier alpha value is -2.27. The number of furan rings is 1.